The zero-order valence-electron chi connectivity index (χ0n) is 15.0. The minimum Gasteiger partial charge on any atom is -1.00 e. The molecule has 0 fully saturated rings. The Morgan fingerprint density at radius 2 is 1.27 bits per heavy atom. The fraction of sp³-hybridized carbons (Fsp3) is 0.857. The van der Waals surface area contributed by atoms with Crippen LogP contribution in [0, 0.1) is 5.41 Å². The van der Waals surface area contributed by atoms with Crippen molar-refractivity contribution in [3.8, 4) is 0 Å². The molecule has 0 aliphatic rings. The first kappa shape index (κ1) is 29.3. The van der Waals surface area contributed by atoms with Crippen LogP contribution in [0.3, 0.4) is 0 Å². The summed E-state index contributed by atoms with van der Waals surface area (Å²) in [5.41, 5.74) is 8.94. The molecule has 0 aromatic rings. The van der Waals surface area contributed by atoms with E-state index in [-0.39, 0.29) is 30.8 Å². The summed E-state index contributed by atoms with van der Waals surface area (Å²) in [5.74, 6) is 0.944. The molecule has 5 N–H and O–H groups in total. The molecule has 0 aliphatic carbocycles. The van der Waals surface area contributed by atoms with Crippen LogP contribution in [0.2, 0.25) is 0 Å². The van der Waals surface area contributed by atoms with Crippen LogP contribution >= 0.6 is 12.4 Å². The van der Waals surface area contributed by atoms with E-state index in [2.05, 4.69) is 57.9 Å². The lowest BCUT2D eigenvalue weighted by molar-refractivity contribution is -0.841. The fourth-order valence-electron chi connectivity index (χ4n) is 2.29. The van der Waals surface area contributed by atoms with E-state index in [0.29, 0.717) is 0 Å². The van der Waals surface area contributed by atoms with Crippen molar-refractivity contribution >= 4 is 24.3 Å². The minimum atomic E-state index is -0.333. The summed E-state index contributed by atoms with van der Waals surface area (Å²) in [6, 6.07) is 0. The van der Waals surface area contributed by atoms with E-state index in [1.54, 1.807) is 0 Å². The van der Waals surface area contributed by atoms with Crippen molar-refractivity contribution in [2.75, 3.05) is 39.3 Å². The molecule has 0 spiro atoms. The van der Waals surface area contributed by atoms with Gasteiger partial charge in [-0.25, -0.2) is 4.99 Å². The van der Waals surface area contributed by atoms with Crippen LogP contribution in [0.5, 0.6) is 0 Å². The van der Waals surface area contributed by atoms with Gasteiger partial charge < -0.3 is 28.8 Å². The molecule has 0 rings (SSSR count). The number of rotatable bonds is 6. The van der Waals surface area contributed by atoms with Gasteiger partial charge in [-0.2, -0.15) is 0 Å². The molecule has 0 aromatic carbocycles. The zero-order valence-corrected chi connectivity index (χ0v) is 16.6. The maximum atomic E-state index is 6.06. The van der Waals surface area contributed by atoms with Crippen LogP contribution in [0.15, 0.2) is 4.99 Å². The number of guanidine groups is 2. The van der Waals surface area contributed by atoms with E-state index in [9.17, 15) is 0 Å². The highest BCUT2D eigenvalue weighted by Crippen LogP contribution is 2.12. The number of hydrogen-bond donors (Lipinski definition) is 3. The summed E-state index contributed by atoms with van der Waals surface area (Å²) in [7, 11) is 0. The van der Waals surface area contributed by atoms with Crippen molar-refractivity contribution < 1.29 is 16.9 Å². The zero-order chi connectivity index (χ0) is 16.2. The number of hydrogen-bond acceptors (Lipinski definition) is 2. The maximum absolute atomic E-state index is 6.06. The molecular weight excluding hydrogens is 323 g/mol. The van der Waals surface area contributed by atoms with Gasteiger partial charge in [-0.1, -0.05) is 0 Å². The second-order valence-electron chi connectivity index (χ2n) is 4.50. The molecule has 0 unspecified atom stereocenters. The second-order valence-corrected chi connectivity index (χ2v) is 4.50. The quantitative estimate of drug-likeness (QED) is 0.318. The van der Waals surface area contributed by atoms with Gasteiger partial charge in [0.05, 0.1) is 19.6 Å². The van der Waals surface area contributed by atoms with Crippen LogP contribution in [0.4, 0.5) is 0 Å². The monoisotopic (exact) mass is 358 g/mol. The van der Waals surface area contributed by atoms with Crippen molar-refractivity contribution in [3.05, 3.63) is 0 Å². The van der Waals surface area contributed by atoms with Gasteiger partial charge in [-0.05, 0) is 41.5 Å². The number of halogens is 2. The molecule has 0 aliphatic heterocycles. The first-order valence-electron chi connectivity index (χ1n) is 7.64. The minimum absolute atomic E-state index is 0. The highest BCUT2D eigenvalue weighted by atomic mass is 35.5. The van der Waals surface area contributed by atoms with Crippen molar-refractivity contribution in [2.24, 2.45) is 16.5 Å². The van der Waals surface area contributed by atoms with Crippen LogP contribution in [0.1, 0.15) is 41.5 Å². The Morgan fingerprint density at radius 1 is 0.955 bits per heavy atom. The topological polar surface area (TPSA) is 91.5 Å². The third-order valence-corrected chi connectivity index (χ3v) is 3.59. The van der Waals surface area contributed by atoms with Gasteiger partial charge in [-0.3, -0.25) is 9.89 Å². The van der Waals surface area contributed by atoms with E-state index in [1.165, 1.54) is 5.96 Å². The number of nitrogens with two attached hydrogens (primary N) is 2. The average Bonchev–Trinajstić information content (AvgIpc) is 2.42. The summed E-state index contributed by atoms with van der Waals surface area (Å²) in [4.78, 5) is 7.17. The van der Waals surface area contributed by atoms with Gasteiger partial charge in [-0.15, -0.1) is 12.4 Å². The molecule has 0 atom stereocenters. The third-order valence-electron chi connectivity index (χ3n) is 3.59. The molecule has 136 valence electrons. The van der Waals surface area contributed by atoms with Gasteiger partial charge in [0, 0.05) is 19.6 Å². The van der Waals surface area contributed by atoms with E-state index < -0.39 is 0 Å². The van der Waals surface area contributed by atoms with Crippen LogP contribution in [0.25, 0.3) is 0 Å². The number of nitrogens with one attached hydrogen (secondary N) is 1. The van der Waals surface area contributed by atoms with Gasteiger partial charge in [0.15, 0.2) is 5.96 Å². The first-order valence-corrected chi connectivity index (χ1v) is 7.64. The Kier molecular flexibility index (Phi) is 22.2. The third kappa shape index (κ3) is 10.1. The molecule has 8 heteroatoms. The van der Waals surface area contributed by atoms with Gasteiger partial charge >= 0.3 is 0 Å². The SMILES string of the molecule is CCN=C(N(CC)CC)[N+](CC)(CC)CC.Cl.N=C(N)N.[Cl-]. The largest absolute Gasteiger partial charge is 1.00 e. The Labute approximate surface area is 149 Å². The smallest absolute Gasteiger partial charge is 0.300 e. The lowest BCUT2D eigenvalue weighted by Crippen LogP contribution is -3.00. The molecule has 0 aromatic heterocycles. The molecule has 0 amide bonds. The maximum Gasteiger partial charge on any atom is 0.300 e. The normalized spacial score (nSPS) is 10.5. The summed E-state index contributed by atoms with van der Waals surface area (Å²) in [6.07, 6.45) is 0. The van der Waals surface area contributed by atoms with Crippen LogP contribution in [-0.2, 0) is 0 Å². The molecule has 6 nitrogen and oxygen atoms in total. The average molecular weight is 359 g/mol. The lowest BCUT2D eigenvalue weighted by atomic mass is 10.3. The van der Waals surface area contributed by atoms with E-state index in [4.69, 9.17) is 10.4 Å². The van der Waals surface area contributed by atoms with Crippen molar-refractivity contribution in [3.63, 3.8) is 0 Å². The highest BCUT2D eigenvalue weighted by molar-refractivity contribution is 5.85. The van der Waals surface area contributed by atoms with Crippen molar-refractivity contribution in [1.29, 1.82) is 5.41 Å². The molecule has 0 radical (unpaired) electrons. The standard InChI is InChI=1S/C13H30N3.CH5N3.2ClH/c1-7-14-13(15(8-2)9-3)16(10-4,11-5)12-6;2-1(3)4;;/h7-12H2,1-6H3;(H5,2,3,4);2*1H/q+1;;;/p-1. The Hall–Kier alpha value is -0.720. The highest BCUT2D eigenvalue weighted by Gasteiger charge is 2.32. The first-order chi connectivity index (χ1) is 9.38. The lowest BCUT2D eigenvalue weighted by Gasteiger charge is -2.39. The van der Waals surface area contributed by atoms with E-state index >= 15 is 0 Å². The van der Waals surface area contributed by atoms with Crippen LogP contribution in [-0.4, -0.2) is 60.6 Å². The molecule has 0 bridgehead atoms. The van der Waals surface area contributed by atoms with Gasteiger partial charge in [0.1, 0.15) is 0 Å². The summed E-state index contributed by atoms with van der Waals surface area (Å²) in [5, 5.41) is 6.06. The predicted molar refractivity (Wildman–Crippen MR) is 96.1 cm³/mol. The van der Waals surface area contributed by atoms with Crippen LogP contribution < -0.4 is 23.9 Å². The molecule has 0 saturated carbocycles. The molecule has 0 saturated heterocycles. The predicted octanol–water partition coefficient (Wildman–Crippen LogP) is -1.16. The number of aliphatic imine (C=N–C) groups is 1. The van der Waals surface area contributed by atoms with E-state index in [0.717, 1.165) is 43.8 Å². The van der Waals surface area contributed by atoms with Crippen molar-refractivity contribution in [1.82, 2.24) is 4.90 Å². The summed E-state index contributed by atoms with van der Waals surface area (Å²) < 4.78 is 1.01. The second kappa shape index (κ2) is 16.6. The Bertz CT molecular complexity index is 277. The fourth-order valence-corrected chi connectivity index (χ4v) is 2.29. The van der Waals surface area contributed by atoms with Gasteiger partial charge in [0.25, 0.3) is 5.96 Å². The molecule has 22 heavy (non-hydrogen) atoms. The Balaban J connectivity index is -0.000000240. The van der Waals surface area contributed by atoms with Crippen molar-refractivity contribution in [2.45, 2.75) is 41.5 Å². The summed E-state index contributed by atoms with van der Waals surface area (Å²) in [6.45, 7) is 19.7. The Morgan fingerprint density at radius 3 is 1.45 bits per heavy atom. The summed E-state index contributed by atoms with van der Waals surface area (Å²) >= 11 is 0. The van der Waals surface area contributed by atoms with E-state index in [1.807, 2.05) is 0 Å². The number of quaternary nitrogens is 1. The van der Waals surface area contributed by atoms with Gasteiger partial charge in [0.2, 0.25) is 0 Å². The molecule has 0 heterocycles. The molecular formula is C14H36Cl2N6. The number of nitrogens with zero attached hydrogens (tertiary/aromatic N) is 3.